The minimum atomic E-state index is -0.427. The Hall–Kier alpha value is -4.98. The second kappa shape index (κ2) is 9.48. The van der Waals surface area contributed by atoms with Crippen LogP contribution in [-0.4, -0.2) is 36.3 Å². The molecular weight excluding hydrogens is 486 g/mol. The lowest BCUT2D eigenvalue weighted by Crippen LogP contribution is -2.13. The second-order valence-electron chi connectivity index (χ2n) is 8.96. The first-order chi connectivity index (χ1) is 18.4. The number of carbonyl (C=O) groups is 2. The number of nitrogens with zero attached hydrogens (tertiary/aromatic N) is 2. The van der Waals surface area contributed by atoms with E-state index in [0.717, 1.165) is 22.3 Å². The Labute approximate surface area is 216 Å². The summed E-state index contributed by atoms with van der Waals surface area (Å²) in [5.41, 5.74) is 6.52. The summed E-state index contributed by atoms with van der Waals surface area (Å²) in [7, 11) is 0. The Morgan fingerprint density at radius 3 is 1.92 bits per heavy atom. The van der Waals surface area contributed by atoms with Gasteiger partial charge >= 0.3 is 0 Å². The molecule has 0 aromatic heterocycles. The van der Waals surface area contributed by atoms with Gasteiger partial charge in [0.05, 0.1) is 22.8 Å². The molecule has 2 N–H and O–H groups in total. The van der Waals surface area contributed by atoms with Crippen molar-refractivity contribution in [2.24, 2.45) is 9.98 Å². The van der Waals surface area contributed by atoms with Crippen molar-refractivity contribution in [3.63, 3.8) is 0 Å². The number of fused-ring (bicyclic) bond motifs is 2. The number of aliphatic imine (C=N–C) groups is 2. The third-order valence-corrected chi connectivity index (χ3v) is 6.41. The quantitative estimate of drug-likeness (QED) is 0.400. The molecule has 0 atom stereocenters. The first kappa shape index (κ1) is 23.4. The molecular formula is C30H20F2N4O2. The molecule has 0 saturated carbocycles. The fraction of sp³-hybridized carbons (Fsp3) is 0.0667. The molecule has 4 aromatic rings. The van der Waals surface area contributed by atoms with Crippen LogP contribution in [0.3, 0.4) is 0 Å². The monoisotopic (exact) mass is 506 g/mol. The normalized spacial score (nSPS) is 14.7. The molecule has 186 valence electrons. The zero-order chi connectivity index (χ0) is 26.2. The van der Waals surface area contributed by atoms with E-state index in [1.807, 2.05) is 42.5 Å². The van der Waals surface area contributed by atoms with Gasteiger partial charge in [-0.2, -0.15) is 0 Å². The van der Waals surface area contributed by atoms with Crippen LogP contribution in [-0.2, 0) is 9.59 Å². The number of hydrogen-bond donors (Lipinski definition) is 2. The van der Waals surface area contributed by atoms with Crippen molar-refractivity contribution in [2.75, 3.05) is 23.7 Å². The first-order valence-corrected chi connectivity index (χ1v) is 11.9. The number of rotatable bonds is 3. The van der Waals surface area contributed by atoms with Crippen molar-refractivity contribution >= 4 is 34.6 Å². The number of nitrogens with one attached hydrogen (secondary N) is 2. The van der Waals surface area contributed by atoms with E-state index >= 15 is 0 Å². The summed E-state index contributed by atoms with van der Waals surface area (Å²) in [6.07, 6.45) is 0. The van der Waals surface area contributed by atoms with Crippen molar-refractivity contribution < 1.29 is 18.4 Å². The zero-order valence-corrected chi connectivity index (χ0v) is 20.0. The lowest BCUT2D eigenvalue weighted by atomic mass is 9.94. The summed E-state index contributed by atoms with van der Waals surface area (Å²) < 4.78 is 27.6. The molecule has 0 radical (unpaired) electrons. The molecule has 2 aliphatic rings. The minimum Gasteiger partial charge on any atom is -0.324 e. The van der Waals surface area contributed by atoms with Gasteiger partial charge in [-0.15, -0.1) is 0 Å². The summed E-state index contributed by atoms with van der Waals surface area (Å²) in [6.45, 7) is -0.124. The van der Waals surface area contributed by atoms with Gasteiger partial charge < -0.3 is 10.6 Å². The van der Waals surface area contributed by atoms with Crippen LogP contribution in [0, 0.1) is 11.6 Å². The Morgan fingerprint density at radius 2 is 1.16 bits per heavy atom. The molecule has 0 fully saturated rings. The molecule has 0 spiro atoms. The van der Waals surface area contributed by atoms with Crippen molar-refractivity contribution in [3.8, 4) is 11.1 Å². The molecule has 0 aliphatic carbocycles. The van der Waals surface area contributed by atoms with Crippen molar-refractivity contribution in [3.05, 3.63) is 119 Å². The molecule has 8 heteroatoms. The van der Waals surface area contributed by atoms with Gasteiger partial charge in [-0.05, 0) is 65.7 Å². The van der Waals surface area contributed by atoms with E-state index in [1.54, 1.807) is 12.1 Å². The van der Waals surface area contributed by atoms with Crippen molar-refractivity contribution in [1.29, 1.82) is 0 Å². The number of benzodiazepines with no additional fused rings is 2. The Morgan fingerprint density at radius 1 is 0.553 bits per heavy atom. The van der Waals surface area contributed by atoms with E-state index in [1.165, 1.54) is 30.3 Å². The third kappa shape index (κ3) is 4.48. The van der Waals surface area contributed by atoms with Crippen molar-refractivity contribution in [1.82, 2.24) is 0 Å². The molecule has 6 rings (SSSR count). The first-order valence-electron chi connectivity index (χ1n) is 11.9. The maximum atomic E-state index is 14.1. The minimum absolute atomic E-state index is 0.0469. The fourth-order valence-electron chi connectivity index (χ4n) is 4.65. The zero-order valence-electron chi connectivity index (χ0n) is 20.0. The maximum Gasteiger partial charge on any atom is 0.246 e. The Bertz CT molecular complexity index is 1680. The van der Waals surface area contributed by atoms with E-state index in [4.69, 9.17) is 0 Å². The topological polar surface area (TPSA) is 82.9 Å². The summed E-state index contributed by atoms with van der Waals surface area (Å²) >= 11 is 0. The van der Waals surface area contributed by atoms with Gasteiger partial charge in [-0.25, -0.2) is 8.78 Å². The Balaban J connectivity index is 1.41. The van der Waals surface area contributed by atoms with Crippen LogP contribution in [0.15, 0.2) is 94.9 Å². The maximum absolute atomic E-state index is 14.1. The number of anilines is 2. The van der Waals surface area contributed by atoms with Crippen LogP contribution < -0.4 is 10.6 Å². The van der Waals surface area contributed by atoms with Gasteiger partial charge in [-0.3, -0.25) is 19.6 Å². The van der Waals surface area contributed by atoms with Gasteiger partial charge in [0, 0.05) is 22.3 Å². The largest absolute Gasteiger partial charge is 0.324 e. The van der Waals surface area contributed by atoms with Crippen LogP contribution >= 0.6 is 0 Å². The number of halogens is 2. The van der Waals surface area contributed by atoms with Gasteiger partial charge in [0.15, 0.2) is 0 Å². The molecule has 0 unspecified atom stereocenters. The summed E-state index contributed by atoms with van der Waals surface area (Å²) in [4.78, 5) is 33.5. The summed E-state index contributed by atoms with van der Waals surface area (Å²) in [6, 6.07) is 23.4. The number of carbonyl (C=O) groups excluding carboxylic acids is 2. The van der Waals surface area contributed by atoms with Gasteiger partial charge in [-0.1, -0.05) is 30.3 Å². The molecule has 0 saturated heterocycles. The summed E-state index contributed by atoms with van der Waals surface area (Å²) in [5, 5.41) is 5.68. The van der Waals surface area contributed by atoms with Gasteiger partial charge in [0.2, 0.25) is 11.8 Å². The van der Waals surface area contributed by atoms with Gasteiger partial charge in [0.25, 0.3) is 0 Å². The van der Waals surface area contributed by atoms with E-state index < -0.39 is 5.82 Å². The highest BCUT2D eigenvalue weighted by Crippen LogP contribution is 2.31. The SMILES string of the molecule is O=C1CN=C(c2ccc(F)cc2)c2ccc(-c3cccc(C4=NCC(=O)Nc5ccc(F)cc54)c3)cc2N1. The van der Waals surface area contributed by atoms with Crippen LogP contribution in [0.25, 0.3) is 11.1 Å². The van der Waals surface area contributed by atoms with Gasteiger partial charge in [0.1, 0.15) is 24.7 Å². The average molecular weight is 507 g/mol. The Kier molecular flexibility index (Phi) is 5.84. The molecule has 4 aromatic carbocycles. The van der Waals surface area contributed by atoms with E-state index in [0.29, 0.717) is 33.9 Å². The van der Waals surface area contributed by atoms with Crippen LogP contribution in [0.1, 0.15) is 22.3 Å². The van der Waals surface area contributed by atoms with E-state index in [-0.39, 0.29) is 30.7 Å². The highest BCUT2D eigenvalue weighted by molar-refractivity contribution is 6.20. The molecule has 0 bridgehead atoms. The molecule has 38 heavy (non-hydrogen) atoms. The van der Waals surface area contributed by atoms with E-state index in [9.17, 15) is 18.4 Å². The fourth-order valence-corrected chi connectivity index (χ4v) is 4.65. The second-order valence-corrected chi connectivity index (χ2v) is 8.96. The van der Waals surface area contributed by atoms with E-state index in [2.05, 4.69) is 20.6 Å². The predicted octanol–water partition coefficient (Wildman–Crippen LogP) is 5.21. The lowest BCUT2D eigenvalue weighted by molar-refractivity contribution is -0.115. The van der Waals surface area contributed by atoms with Crippen molar-refractivity contribution in [2.45, 2.75) is 0 Å². The number of benzene rings is 4. The standard InChI is InChI=1S/C30H20F2N4O2/c31-21-7-4-17(5-8-21)29-23-10-6-19(13-26(23)36-28(38)16-33-29)18-2-1-3-20(12-18)30-24-14-22(32)9-11-25(24)35-27(37)15-34-30/h1-14H,15-16H2,(H,35,37)(H,36,38). The number of amides is 2. The predicted molar refractivity (Wildman–Crippen MR) is 143 cm³/mol. The lowest BCUT2D eigenvalue weighted by Gasteiger charge is -2.14. The van der Waals surface area contributed by atoms with Crippen LogP contribution in [0.4, 0.5) is 20.2 Å². The highest BCUT2D eigenvalue weighted by Gasteiger charge is 2.21. The highest BCUT2D eigenvalue weighted by atomic mass is 19.1. The smallest absolute Gasteiger partial charge is 0.246 e. The van der Waals surface area contributed by atoms with Crippen LogP contribution in [0.5, 0.6) is 0 Å². The third-order valence-electron chi connectivity index (χ3n) is 6.41. The molecule has 6 nitrogen and oxygen atoms in total. The molecule has 2 aliphatic heterocycles. The average Bonchev–Trinajstić information content (AvgIpc) is 3.19. The molecule has 2 amide bonds. The number of hydrogen-bond acceptors (Lipinski definition) is 4. The van der Waals surface area contributed by atoms with Crippen LogP contribution in [0.2, 0.25) is 0 Å². The molecule has 2 heterocycles. The summed E-state index contributed by atoms with van der Waals surface area (Å²) in [5.74, 6) is -1.30.